The predicted molar refractivity (Wildman–Crippen MR) is 74.8 cm³/mol. The second-order valence-corrected chi connectivity index (χ2v) is 5.03. The highest BCUT2D eigenvalue weighted by atomic mass is 79.9. The lowest BCUT2D eigenvalue weighted by molar-refractivity contribution is 0.445. The van der Waals surface area contributed by atoms with Crippen molar-refractivity contribution in [3.8, 4) is 6.07 Å². The average Bonchev–Trinajstić information content (AvgIpc) is 2.36. The van der Waals surface area contributed by atoms with E-state index >= 15 is 0 Å². The van der Waals surface area contributed by atoms with Crippen LogP contribution in [0.2, 0.25) is 0 Å². The zero-order chi connectivity index (χ0) is 12.9. The summed E-state index contributed by atoms with van der Waals surface area (Å²) in [5, 5.41) is 12.5. The maximum atomic E-state index is 9.09. The van der Waals surface area contributed by atoms with Gasteiger partial charge in [0.25, 0.3) is 0 Å². The van der Waals surface area contributed by atoms with Gasteiger partial charge in [-0.2, -0.15) is 5.26 Å². The fourth-order valence-electron chi connectivity index (χ4n) is 1.77. The molecule has 0 aromatic heterocycles. The summed E-state index contributed by atoms with van der Waals surface area (Å²) in [7, 11) is 0. The number of hydrogen-bond donors (Lipinski definition) is 2. The van der Waals surface area contributed by atoms with E-state index in [1.165, 1.54) is 0 Å². The molecule has 0 aliphatic rings. The quantitative estimate of drug-likeness (QED) is 0.876. The smallest absolute Gasteiger partial charge is 0.101 e. The highest BCUT2D eigenvalue weighted by molar-refractivity contribution is 9.10. The molecule has 1 aromatic rings. The fraction of sp³-hybridized carbons (Fsp3) is 0.462. The number of rotatable bonds is 5. The van der Waals surface area contributed by atoms with Crippen LogP contribution in [0.5, 0.6) is 0 Å². The molecule has 0 fully saturated rings. The third-order valence-corrected chi connectivity index (χ3v) is 3.74. The molecule has 3 N–H and O–H groups in total. The van der Waals surface area contributed by atoms with Crippen LogP contribution >= 0.6 is 15.9 Å². The van der Waals surface area contributed by atoms with Crippen molar-refractivity contribution < 1.29 is 0 Å². The van der Waals surface area contributed by atoms with Crippen LogP contribution in [0.15, 0.2) is 22.7 Å². The van der Waals surface area contributed by atoms with E-state index in [4.69, 9.17) is 11.0 Å². The Bertz CT molecular complexity index is 411. The van der Waals surface area contributed by atoms with E-state index in [1.807, 2.05) is 12.1 Å². The van der Waals surface area contributed by atoms with Crippen LogP contribution in [0, 0.1) is 11.3 Å². The summed E-state index contributed by atoms with van der Waals surface area (Å²) < 4.78 is 0.956. The monoisotopic (exact) mass is 295 g/mol. The van der Waals surface area contributed by atoms with Crippen molar-refractivity contribution in [1.82, 2.24) is 0 Å². The second-order valence-electron chi connectivity index (χ2n) is 4.12. The maximum Gasteiger partial charge on any atom is 0.101 e. The molecule has 1 aromatic carbocycles. The number of nitrogens with one attached hydrogen (secondary N) is 1. The first-order valence-corrected chi connectivity index (χ1v) is 6.58. The molecule has 0 unspecified atom stereocenters. The molecule has 92 valence electrons. The summed E-state index contributed by atoms with van der Waals surface area (Å²) in [6, 6.07) is 7.79. The van der Waals surface area contributed by atoms with E-state index < -0.39 is 0 Å². The van der Waals surface area contributed by atoms with Crippen LogP contribution in [0.3, 0.4) is 0 Å². The standard InChI is InChI=1S/C13H18BrN3/c1-3-13(4-2,9-16)17-12-7-11(14)6-5-10(12)8-15/h5-7,17H,3-4,9,16H2,1-2H3. The van der Waals surface area contributed by atoms with Gasteiger partial charge in [0.1, 0.15) is 6.07 Å². The van der Waals surface area contributed by atoms with Gasteiger partial charge in [0.15, 0.2) is 0 Å². The Labute approximate surface area is 111 Å². The summed E-state index contributed by atoms with van der Waals surface area (Å²) >= 11 is 3.42. The molecule has 0 amide bonds. The van der Waals surface area contributed by atoms with Crippen LogP contribution in [0.25, 0.3) is 0 Å². The average molecular weight is 296 g/mol. The lowest BCUT2D eigenvalue weighted by atomic mass is 9.92. The van der Waals surface area contributed by atoms with Crippen molar-refractivity contribution in [3.05, 3.63) is 28.2 Å². The molecule has 1 rings (SSSR count). The van der Waals surface area contributed by atoms with E-state index in [-0.39, 0.29) is 5.54 Å². The van der Waals surface area contributed by atoms with Gasteiger partial charge in [-0.1, -0.05) is 29.8 Å². The Morgan fingerprint density at radius 3 is 2.53 bits per heavy atom. The molecule has 0 spiro atoms. The van der Waals surface area contributed by atoms with Gasteiger partial charge >= 0.3 is 0 Å². The van der Waals surface area contributed by atoms with Crippen LogP contribution in [0.4, 0.5) is 5.69 Å². The zero-order valence-corrected chi connectivity index (χ0v) is 11.8. The Morgan fingerprint density at radius 1 is 1.41 bits per heavy atom. The summed E-state index contributed by atoms with van der Waals surface area (Å²) in [5.41, 5.74) is 7.21. The first kappa shape index (κ1) is 14.0. The Morgan fingerprint density at radius 2 is 2.06 bits per heavy atom. The minimum atomic E-state index is -0.133. The molecule has 17 heavy (non-hydrogen) atoms. The highest BCUT2D eigenvalue weighted by Crippen LogP contribution is 2.26. The van der Waals surface area contributed by atoms with Crippen molar-refractivity contribution in [2.75, 3.05) is 11.9 Å². The largest absolute Gasteiger partial charge is 0.377 e. The van der Waals surface area contributed by atoms with Crippen LogP contribution in [0.1, 0.15) is 32.3 Å². The first-order chi connectivity index (χ1) is 8.10. The highest BCUT2D eigenvalue weighted by Gasteiger charge is 2.24. The molecular formula is C13H18BrN3. The number of halogens is 1. The van der Waals surface area contributed by atoms with Gasteiger partial charge in [-0.05, 0) is 31.0 Å². The van der Waals surface area contributed by atoms with E-state index in [9.17, 15) is 0 Å². The zero-order valence-electron chi connectivity index (χ0n) is 10.3. The number of nitrogens with zero attached hydrogens (tertiary/aromatic N) is 1. The lowest BCUT2D eigenvalue weighted by Gasteiger charge is -2.33. The second kappa shape index (κ2) is 6.04. The molecule has 0 aliphatic heterocycles. The molecular weight excluding hydrogens is 278 g/mol. The molecule has 0 bridgehead atoms. The summed E-state index contributed by atoms with van der Waals surface area (Å²) in [6.07, 6.45) is 1.86. The van der Waals surface area contributed by atoms with Crippen LogP contribution in [-0.2, 0) is 0 Å². The molecule has 0 atom stereocenters. The normalized spacial score (nSPS) is 11.0. The van der Waals surface area contributed by atoms with E-state index in [0.29, 0.717) is 12.1 Å². The number of benzene rings is 1. The minimum absolute atomic E-state index is 0.133. The van der Waals surface area contributed by atoms with E-state index in [2.05, 4.69) is 41.2 Å². The third kappa shape index (κ3) is 3.21. The number of nitriles is 1. The van der Waals surface area contributed by atoms with Crippen molar-refractivity contribution in [2.24, 2.45) is 5.73 Å². The van der Waals surface area contributed by atoms with Gasteiger partial charge in [-0.25, -0.2) is 0 Å². The molecule has 0 heterocycles. The number of anilines is 1. The summed E-state index contributed by atoms with van der Waals surface area (Å²) in [5.74, 6) is 0. The van der Waals surface area contributed by atoms with Gasteiger partial charge in [0.2, 0.25) is 0 Å². The van der Waals surface area contributed by atoms with E-state index in [1.54, 1.807) is 6.07 Å². The number of nitrogens with two attached hydrogens (primary N) is 1. The predicted octanol–water partition coefficient (Wildman–Crippen LogP) is 3.25. The minimum Gasteiger partial charge on any atom is -0.377 e. The van der Waals surface area contributed by atoms with Crippen molar-refractivity contribution in [1.29, 1.82) is 5.26 Å². The first-order valence-electron chi connectivity index (χ1n) is 5.78. The van der Waals surface area contributed by atoms with Crippen molar-refractivity contribution in [3.63, 3.8) is 0 Å². The lowest BCUT2D eigenvalue weighted by Crippen LogP contribution is -2.44. The van der Waals surface area contributed by atoms with Crippen LogP contribution < -0.4 is 11.1 Å². The summed E-state index contributed by atoms with van der Waals surface area (Å²) in [6.45, 7) is 4.76. The fourth-order valence-corrected chi connectivity index (χ4v) is 2.13. The Kier molecular flexibility index (Phi) is 4.98. The van der Waals surface area contributed by atoms with Crippen molar-refractivity contribution >= 4 is 21.6 Å². The Balaban J connectivity index is 3.09. The van der Waals surface area contributed by atoms with Gasteiger partial charge in [-0.15, -0.1) is 0 Å². The molecule has 0 saturated carbocycles. The number of hydrogen-bond acceptors (Lipinski definition) is 3. The molecule has 0 saturated heterocycles. The topological polar surface area (TPSA) is 61.8 Å². The maximum absolute atomic E-state index is 9.09. The van der Waals surface area contributed by atoms with Gasteiger partial charge in [0.05, 0.1) is 11.3 Å². The van der Waals surface area contributed by atoms with Crippen molar-refractivity contribution in [2.45, 2.75) is 32.2 Å². The molecule has 3 nitrogen and oxygen atoms in total. The van der Waals surface area contributed by atoms with Gasteiger partial charge < -0.3 is 11.1 Å². The summed E-state index contributed by atoms with van der Waals surface area (Å²) in [4.78, 5) is 0. The molecule has 0 radical (unpaired) electrons. The third-order valence-electron chi connectivity index (χ3n) is 3.25. The molecule has 4 heteroatoms. The van der Waals surface area contributed by atoms with Gasteiger partial charge in [-0.3, -0.25) is 0 Å². The van der Waals surface area contributed by atoms with Gasteiger partial charge in [0, 0.05) is 16.6 Å². The van der Waals surface area contributed by atoms with E-state index in [0.717, 1.165) is 23.0 Å². The Hall–Kier alpha value is -1.05. The molecule has 0 aliphatic carbocycles. The SMILES string of the molecule is CCC(CC)(CN)Nc1cc(Br)ccc1C#N. The van der Waals surface area contributed by atoms with Crippen LogP contribution in [-0.4, -0.2) is 12.1 Å².